The first-order valence-electron chi connectivity index (χ1n) is 11.7. The molecule has 1 N–H and O–H groups in total. The van der Waals surface area contributed by atoms with Gasteiger partial charge in [-0.2, -0.15) is 0 Å². The highest BCUT2D eigenvalue weighted by Gasteiger charge is 2.28. The summed E-state index contributed by atoms with van der Waals surface area (Å²) in [5, 5.41) is 3.21. The third kappa shape index (κ3) is 6.95. The van der Waals surface area contributed by atoms with Gasteiger partial charge in [0.15, 0.2) is 0 Å². The fourth-order valence-electron chi connectivity index (χ4n) is 4.47. The fraction of sp³-hybridized carbons (Fsp3) is 0.481. The number of hydrogen-bond donors (Lipinski definition) is 1. The molecule has 0 saturated carbocycles. The molecule has 0 bridgehead atoms. The SMILES string of the molecule is CCC(C(=O)N1CCC(NC(=O)CC(C)CCc2ccccc2)CC1)c1ccccc1. The summed E-state index contributed by atoms with van der Waals surface area (Å²) in [4.78, 5) is 27.5. The van der Waals surface area contributed by atoms with Gasteiger partial charge in [0.1, 0.15) is 0 Å². The van der Waals surface area contributed by atoms with Gasteiger partial charge in [-0.15, -0.1) is 0 Å². The Balaban J connectivity index is 1.40. The summed E-state index contributed by atoms with van der Waals surface area (Å²) in [6.07, 6.45) is 5.07. The lowest BCUT2D eigenvalue weighted by molar-refractivity contribution is -0.134. The zero-order chi connectivity index (χ0) is 22.1. The van der Waals surface area contributed by atoms with E-state index >= 15 is 0 Å². The number of likely N-dealkylation sites (tertiary alicyclic amines) is 1. The summed E-state index contributed by atoms with van der Waals surface area (Å²) in [5.41, 5.74) is 2.42. The number of piperidine rings is 1. The van der Waals surface area contributed by atoms with Crippen molar-refractivity contribution in [3.63, 3.8) is 0 Å². The molecule has 2 unspecified atom stereocenters. The number of amides is 2. The normalized spacial score (nSPS) is 16.5. The van der Waals surface area contributed by atoms with E-state index in [4.69, 9.17) is 0 Å². The average molecular weight is 421 g/mol. The molecule has 1 saturated heterocycles. The summed E-state index contributed by atoms with van der Waals surface area (Å²) in [6.45, 7) is 5.66. The molecule has 4 nitrogen and oxygen atoms in total. The Morgan fingerprint density at radius 2 is 1.61 bits per heavy atom. The summed E-state index contributed by atoms with van der Waals surface area (Å²) in [5.74, 6) is 0.643. The summed E-state index contributed by atoms with van der Waals surface area (Å²) in [6, 6.07) is 20.7. The van der Waals surface area contributed by atoms with Gasteiger partial charge in [0, 0.05) is 25.6 Å². The molecule has 2 aromatic carbocycles. The van der Waals surface area contributed by atoms with Gasteiger partial charge < -0.3 is 10.2 Å². The predicted molar refractivity (Wildman–Crippen MR) is 126 cm³/mol. The maximum absolute atomic E-state index is 13.0. The minimum atomic E-state index is -0.0715. The fourth-order valence-corrected chi connectivity index (χ4v) is 4.47. The van der Waals surface area contributed by atoms with Crippen LogP contribution in [0.1, 0.15) is 63.0 Å². The Kier molecular flexibility index (Phi) is 8.69. The Morgan fingerprint density at radius 1 is 1.00 bits per heavy atom. The van der Waals surface area contributed by atoms with Gasteiger partial charge in [0.2, 0.25) is 11.8 Å². The van der Waals surface area contributed by atoms with E-state index in [1.54, 1.807) is 0 Å². The maximum atomic E-state index is 13.0. The number of nitrogens with zero attached hydrogens (tertiary/aromatic N) is 1. The molecule has 166 valence electrons. The van der Waals surface area contributed by atoms with E-state index in [1.165, 1.54) is 5.56 Å². The monoisotopic (exact) mass is 420 g/mol. The molecule has 2 amide bonds. The molecule has 1 fully saturated rings. The first kappa shape index (κ1) is 23.1. The van der Waals surface area contributed by atoms with Crippen LogP contribution in [0.5, 0.6) is 0 Å². The van der Waals surface area contributed by atoms with Gasteiger partial charge in [-0.1, -0.05) is 74.5 Å². The van der Waals surface area contributed by atoms with Crippen LogP contribution in [0.15, 0.2) is 60.7 Å². The quantitative estimate of drug-likeness (QED) is 0.624. The summed E-state index contributed by atoms with van der Waals surface area (Å²) in [7, 11) is 0. The van der Waals surface area contributed by atoms with E-state index in [0.29, 0.717) is 12.3 Å². The topological polar surface area (TPSA) is 49.4 Å². The number of nitrogens with one attached hydrogen (secondary N) is 1. The number of carbonyl (C=O) groups excluding carboxylic acids is 2. The molecule has 2 atom stereocenters. The first-order chi connectivity index (χ1) is 15.1. The molecule has 1 heterocycles. The molecule has 0 radical (unpaired) electrons. The van der Waals surface area contributed by atoms with E-state index < -0.39 is 0 Å². The van der Waals surface area contributed by atoms with Crippen LogP contribution in [-0.2, 0) is 16.0 Å². The molecule has 4 heteroatoms. The highest BCUT2D eigenvalue weighted by molar-refractivity contribution is 5.84. The second-order valence-corrected chi connectivity index (χ2v) is 8.87. The van der Waals surface area contributed by atoms with Crippen molar-refractivity contribution in [1.82, 2.24) is 10.2 Å². The van der Waals surface area contributed by atoms with Crippen LogP contribution in [0.4, 0.5) is 0 Å². The van der Waals surface area contributed by atoms with Gasteiger partial charge >= 0.3 is 0 Å². The van der Waals surface area contributed by atoms with Crippen molar-refractivity contribution in [1.29, 1.82) is 0 Å². The number of benzene rings is 2. The Labute approximate surface area is 187 Å². The lowest BCUT2D eigenvalue weighted by Gasteiger charge is -2.34. The Morgan fingerprint density at radius 3 is 2.23 bits per heavy atom. The largest absolute Gasteiger partial charge is 0.353 e. The summed E-state index contributed by atoms with van der Waals surface area (Å²) < 4.78 is 0. The van der Waals surface area contributed by atoms with E-state index in [2.05, 4.69) is 43.4 Å². The zero-order valence-electron chi connectivity index (χ0n) is 18.9. The van der Waals surface area contributed by atoms with Crippen LogP contribution in [0.25, 0.3) is 0 Å². The van der Waals surface area contributed by atoms with Crippen molar-refractivity contribution in [2.24, 2.45) is 5.92 Å². The van der Waals surface area contributed by atoms with E-state index in [9.17, 15) is 9.59 Å². The zero-order valence-corrected chi connectivity index (χ0v) is 18.9. The number of aryl methyl sites for hydroxylation is 1. The molecular formula is C27H36N2O2. The van der Waals surface area contributed by atoms with Crippen molar-refractivity contribution in [3.05, 3.63) is 71.8 Å². The molecule has 0 aliphatic carbocycles. The molecular weight excluding hydrogens is 384 g/mol. The highest BCUT2D eigenvalue weighted by Crippen LogP contribution is 2.24. The van der Waals surface area contributed by atoms with Crippen molar-refractivity contribution < 1.29 is 9.59 Å². The van der Waals surface area contributed by atoms with Crippen LogP contribution in [0, 0.1) is 5.92 Å². The van der Waals surface area contributed by atoms with Gasteiger partial charge in [-0.05, 0) is 49.1 Å². The molecule has 0 spiro atoms. The third-order valence-corrected chi connectivity index (χ3v) is 6.38. The molecule has 1 aliphatic rings. The first-order valence-corrected chi connectivity index (χ1v) is 11.7. The molecule has 3 rings (SSSR count). The standard InChI is InChI=1S/C27H36N2O2/c1-3-25(23-12-8-5-9-13-23)27(31)29-18-16-24(17-19-29)28-26(30)20-21(2)14-15-22-10-6-4-7-11-22/h4-13,21,24-25H,3,14-20H2,1-2H3,(H,28,30). The number of rotatable bonds is 9. The molecule has 2 aromatic rings. The van der Waals surface area contributed by atoms with Crippen LogP contribution in [0.2, 0.25) is 0 Å². The van der Waals surface area contributed by atoms with Crippen molar-refractivity contribution in [2.45, 2.75) is 64.3 Å². The minimum Gasteiger partial charge on any atom is -0.353 e. The maximum Gasteiger partial charge on any atom is 0.230 e. The van der Waals surface area contributed by atoms with Crippen LogP contribution in [0.3, 0.4) is 0 Å². The van der Waals surface area contributed by atoms with E-state index in [-0.39, 0.29) is 23.8 Å². The Hall–Kier alpha value is -2.62. The van der Waals surface area contributed by atoms with Gasteiger partial charge in [0.05, 0.1) is 5.92 Å². The van der Waals surface area contributed by atoms with Crippen LogP contribution >= 0.6 is 0 Å². The lowest BCUT2D eigenvalue weighted by Crippen LogP contribution is -2.47. The molecule has 31 heavy (non-hydrogen) atoms. The average Bonchev–Trinajstić information content (AvgIpc) is 2.80. The second kappa shape index (κ2) is 11.7. The summed E-state index contributed by atoms with van der Waals surface area (Å²) >= 11 is 0. The second-order valence-electron chi connectivity index (χ2n) is 8.87. The number of carbonyl (C=O) groups is 2. The Bertz CT molecular complexity index is 814. The van der Waals surface area contributed by atoms with Crippen LogP contribution < -0.4 is 5.32 Å². The predicted octanol–water partition coefficient (Wildman–Crippen LogP) is 4.95. The molecule has 1 aliphatic heterocycles. The third-order valence-electron chi connectivity index (χ3n) is 6.38. The van der Waals surface area contributed by atoms with Crippen molar-refractivity contribution >= 4 is 11.8 Å². The van der Waals surface area contributed by atoms with E-state index in [1.807, 2.05) is 41.3 Å². The highest BCUT2D eigenvalue weighted by atomic mass is 16.2. The van der Waals surface area contributed by atoms with Crippen molar-refractivity contribution in [2.75, 3.05) is 13.1 Å². The van der Waals surface area contributed by atoms with Gasteiger partial charge in [-0.3, -0.25) is 9.59 Å². The van der Waals surface area contributed by atoms with E-state index in [0.717, 1.165) is 50.8 Å². The van der Waals surface area contributed by atoms with Gasteiger partial charge in [-0.25, -0.2) is 0 Å². The number of hydrogen-bond acceptors (Lipinski definition) is 2. The lowest BCUT2D eigenvalue weighted by atomic mass is 9.93. The van der Waals surface area contributed by atoms with Crippen LogP contribution in [-0.4, -0.2) is 35.8 Å². The van der Waals surface area contributed by atoms with Gasteiger partial charge in [0.25, 0.3) is 0 Å². The smallest absolute Gasteiger partial charge is 0.230 e. The van der Waals surface area contributed by atoms with Crippen molar-refractivity contribution in [3.8, 4) is 0 Å². The molecule has 0 aromatic heterocycles. The minimum absolute atomic E-state index is 0.0715.